The van der Waals surface area contributed by atoms with Crippen molar-refractivity contribution in [2.75, 3.05) is 0 Å². The molecule has 0 fully saturated rings. The lowest BCUT2D eigenvalue weighted by Crippen LogP contribution is -2.16. The zero-order chi connectivity index (χ0) is 6.27. The minimum absolute atomic E-state index is 1.02. The number of benzene rings is 1. The highest BCUT2D eigenvalue weighted by Gasteiger charge is 2.16. The van der Waals surface area contributed by atoms with E-state index in [0.29, 0.717) is 0 Å². The average Bonchev–Trinajstić information content (AvgIpc) is 1.86. The van der Waals surface area contributed by atoms with Crippen LogP contribution in [0, 0.1) is 0 Å². The summed E-state index contributed by atoms with van der Waals surface area (Å²) in [6.07, 6.45) is 1.02. The number of rotatable bonds is 0. The number of fused-ring (bicyclic) bond motifs is 1. The molecule has 0 heterocycles. The predicted molar refractivity (Wildman–Crippen MR) is 41.8 cm³/mol. The molecule has 0 bridgehead atoms. The summed E-state index contributed by atoms with van der Waals surface area (Å²) in [5.74, 6) is 0. The summed E-state index contributed by atoms with van der Waals surface area (Å²) < 4.78 is 0. The molecule has 0 aliphatic heterocycles. The Bertz CT molecular complexity index is 263. The van der Waals surface area contributed by atoms with Gasteiger partial charge in [0, 0.05) is 11.3 Å². The van der Waals surface area contributed by atoms with Gasteiger partial charge >= 0.3 is 0 Å². The number of hydrogen-bond donors (Lipinski definition) is 0. The van der Waals surface area contributed by atoms with E-state index in [0.717, 1.165) is 11.3 Å². The van der Waals surface area contributed by atoms with E-state index in [1.807, 2.05) is 6.07 Å². The highest BCUT2D eigenvalue weighted by molar-refractivity contribution is 7.81. The second-order valence-corrected chi connectivity index (χ2v) is 2.75. The normalized spacial score (nSPS) is 14.4. The van der Waals surface area contributed by atoms with Crippen LogP contribution in [0.4, 0.5) is 0 Å². The third kappa shape index (κ3) is 0.615. The van der Waals surface area contributed by atoms with E-state index in [4.69, 9.17) is 12.2 Å². The fourth-order valence-corrected chi connectivity index (χ4v) is 1.46. The van der Waals surface area contributed by atoms with Gasteiger partial charge < -0.3 is 0 Å². The van der Waals surface area contributed by atoms with E-state index in [9.17, 15) is 0 Å². The minimum Gasteiger partial charge on any atom is -0.0839 e. The first kappa shape index (κ1) is 5.12. The van der Waals surface area contributed by atoms with Crippen molar-refractivity contribution < 1.29 is 0 Å². The molecule has 0 amide bonds. The maximum absolute atomic E-state index is 5.04. The van der Waals surface area contributed by atoms with Crippen LogP contribution in [0.25, 0.3) is 0 Å². The van der Waals surface area contributed by atoms with Crippen molar-refractivity contribution in [1.82, 2.24) is 0 Å². The van der Waals surface area contributed by atoms with Gasteiger partial charge in [-0.2, -0.15) is 0 Å². The summed E-state index contributed by atoms with van der Waals surface area (Å²) in [6, 6.07) is 8.30. The lowest BCUT2D eigenvalue weighted by Gasteiger charge is -2.18. The maximum Gasteiger partial charge on any atom is 0.0271 e. The summed E-state index contributed by atoms with van der Waals surface area (Å²) in [6.45, 7) is 0. The molecule has 1 aromatic carbocycles. The largest absolute Gasteiger partial charge is 0.0839 e. The molecule has 1 aromatic rings. The van der Waals surface area contributed by atoms with Gasteiger partial charge in [0.1, 0.15) is 0 Å². The lowest BCUT2D eigenvalue weighted by molar-refractivity contribution is 1.25. The molecule has 1 aliphatic carbocycles. The Morgan fingerprint density at radius 2 is 2.00 bits per heavy atom. The highest BCUT2D eigenvalue weighted by atomic mass is 32.1. The summed E-state index contributed by atoms with van der Waals surface area (Å²) in [5, 5.41) is 0. The molecule has 44 valence electrons. The smallest absolute Gasteiger partial charge is 0.0271 e. The molecule has 0 saturated carbocycles. The van der Waals surface area contributed by atoms with E-state index in [2.05, 4.69) is 18.2 Å². The molecule has 1 heteroatoms. The van der Waals surface area contributed by atoms with Crippen molar-refractivity contribution in [3.63, 3.8) is 0 Å². The van der Waals surface area contributed by atoms with Gasteiger partial charge in [-0.25, -0.2) is 0 Å². The van der Waals surface area contributed by atoms with Crippen LogP contribution in [-0.2, 0) is 6.42 Å². The quantitative estimate of drug-likeness (QED) is 0.489. The van der Waals surface area contributed by atoms with Crippen molar-refractivity contribution in [1.29, 1.82) is 0 Å². The molecule has 0 N–H and O–H groups in total. The van der Waals surface area contributed by atoms with Crippen LogP contribution in [0.5, 0.6) is 0 Å². The summed E-state index contributed by atoms with van der Waals surface area (Å²) in [7, 11) is 0. The molecule has 1 aliphatic rings. The third-order valence-electron chi connectivity index (χ3n) is 1.67. The standard InChI is InChI=1S/C8H6S/c9-8-5-6-3-1-2-4-7(6)8/h1-4H,5H2. The molecule has 0 radical (unpaired) electrons. The first-order valence-corrected chi connectivity index (χ1v) is 3.40. The molecule has 9 heavy (non-hydrogen) atoms. The molecule has 2 rings (SSSR count). The van der Waals surface area contributed by atoms with Gasteiger partial charge in [-0.05, 0) is 11.1 Å². The molecule has 0 saturated heterocycles. The van der Waals surface area contributed by atoms with E-state index >= 15 is 0 Å². The summed E-state index contributed by atoms with van der Waals surface area (Å²) >= 11 is 5.04. The van der Waals surface area contributed by atoms with E-state index < -0.39 is 0 Å². The average molecular weight is 134 g/mol. The van der Waals surface area contributed by atoms with Crippen LogP contribution in [0.1, 0.15) is 11.1 Å². The third-order valence-corrected chi connectivity index (χ3v) is 2.03. The second-order valence-electron chi connectivity index (χ2n) is 2.26. The molecular weight excluding hydrogens is 128 g/mol. The molecular formula is C8H6S. The second kappa shape index (κ2) is 1.64. The van der Waals surface area contributed by atoms with E-state index in [1.165, 1.54) is 11.1 Å². The van der Waals surface area contributed by atoms with Gasteiger partial charge in [-0.3, -0.25) is 0 Å². The van der Waals surface area contributed by atoms with Gasteiger partial charge in [-0.15, -0.1) is 0 Å². The fourth-order valence-electron chi connectivity index (χ4n) is 1.11. The van der Waals surface area contributed by atoms with Crippen molar-refractivity contribution in [2.24, 2.45) is 0 Å². The van der Waals surface area contributed by atoms with Gasteiger partial charge in [0.25, 0.3) is 0 Å². The number of hydrogen-bond acceptors (Lipinski definition) is 1. The zero-order valence-electron chi connectivity index (χ0n) is 4.92. The lowest BCUT2D eigenvalue weighted by atomic mass is 9.89. The first-order valence-electron chi connectivity index (χ1n) is 2.99. The monoisotopic (exact) mass is 134 g/mol. The maximum atomic E-state index is 5.04. The van der Waals surface area contributed by atoms with Gasteiger partial charge in [0.2, 0.25) is 0 Å². The van der Waals surface area contributed by atoms with Crippen LogP contribution in [0.15, 0.2) is 24.3 Å². The number of thiocarbonyl (C=S) groups is 1. The van der Waals surface area contributed by atoms with Crippen LogP contribution in [-0.4, -0.2) is 4.86 Å². The molecule has 0 spiro atoms. The van der Waals surface area contributed by atoms with Gasteiger partial charge in [0.05, 0.1) is 0 Å². The predicted octanol–water partition coefficient (Wildman–Crippen LogP) is 1.96. The van der Waals surface area contributed by atoms with Gasteiger partial charge in [-0.1, -0.05) is 36.5 Å². The molecule has 0 atom stereocenters. The van der Waals surface area contributed by atoms with Crippen LogP contribution in [0.2, 0.25) is 0 Å². The van der Waals surface area contributed by atoms with Crippen LogP contribution in [0.3, 0.4) is 0 Å². The van der Waals surface area contributed by atoms with Crippen molar-refractivity contribution in [3.8, 4) is 0 Å². The van der Waals surface area contributed by atoms with E-state index in [1.54, 1.807) is 0 Å². The van der Waals surface area contributed by atoms with E-state index in [-0.39, 0.29) is 0 Å². The van der Waals surface area contributed by atoms with Crippen molar-refractivity contribution in [3.05, 3.63) is 35.4 Å². The fraction of sp³-hybridized carbons (Fsp3) is 0.125. The van der Waals surface area contributed by atoms with Crippen molar-refractivity contribution >= 4 is 17.1 Å². The molecule has 0 aromatic heterocycles. The molecule has 0 unspecified atom stereocenters. The summed E-state index contributed by atoms with van der Waals surface area (Å²) in [4.78, 5) is 1.12. The Labute approximate surface area is 59.5 Å². The topological polar surface area (TPSA) is 0 Å². The minimum atomic E-state index is 1.02. The zero-order valence-corrected chi connectivity index (χ0v) is 5.74. The Morgan fingerprint density at radius 1 is 1.22 bits per heavy atom. The van der Waals surface area contributed by atoms with Crippen molar-refractivity contribution in [2.45, 2.75) is 6.42 Å². The summed E-state index contributed by atoms with van der Waals surface area (Å²) in [5.41, 5.74) is 2.69. The van der Waals surface area contributed by atoms with Crippen LogP contribution < -0.4 is 0 Å². The Balaban J connectivity index is 2.63. The molecule has 0 nitrogen and oxygen atoms in total. The Morgan fingerprint density at radius 3 is 2.56 bits per heavy atom. The van der Waals surface area contributed by atoms with Gasteiger partial charge in [0.15, 0.2) is 0 Å². The highest BCUT2D eigenvalue weighted by Crippen LogP contribution is 2.22. The first-order chi connectivity index (χ1) is 4.38. The SMILES string of the molecule is S=C1Cc2ccccc21. The Kier molecular flexibility index (Phi) is 0.935. The Hall–Kier alpha value is -0.690. The van der Waals surface area contributed by atoms with Crippen LogP contribution >= 0.6 is 12.2 Å².